The van der Waals surface area contributed by atoms with E-state index in [9.17, 15) is 9.59 Å². The maximum absolute atomic E-state index is 11.9. The van der Waals surface area contributed by atoms with Gasteiger partial charge in [-0.1, -0.05) is 12.8 Å². The Labute approximate surface area is 206 Å². The molecule has 0 saturated carbocycles. The van der Waals surface area contributed by atoms with Crippen molar-refractivity contribution >= 4 is 11.9 Å². The van der Waals surface area contributed by atoms with Crippen LogP contribution in [0.2, 0.25) is 0 Å². The average molecular weight is 499 g/mol. The van der Waals surface area contributed by atoms with Crippen molar-refractivity contribution in [2.24, 2.45) is 5.41 Å². The highest BCUT2D eigenvalue weighted by atomic mass is 16.6. The van der Waals surface area contributed by atoms with E-state index in [0.717, 1.165) is 13.2 Å². The number of hydrogen-bond acceptors (Lipinski definition) is 10. The summed E-state index contributed by atoms with van der Waals surface area (Å²) in [6.07, 6.45) is 5.11. The molecule has 206 valence electrons. The van der Waals surface area contributed by atoms with Crippen LogP contribution in [0.5, 0.6) is 0 Å². The van der Waals surface area contributed by atoms with E-state index in [4.69, 9.17) is 37.9 Å². The van der Waals surface area contributed by atoms with E-state index in [2.05, 4.69) is 0 Å². The Morgan fingerprint density at radius 1 is 0.647 bits per heavy atom. The molecule has 0 fully saturated rings. The van der Waals surface area contributed by atoms with E-state index in [1.165, 1.54) is 39.9 Å². The van der Waals surface area contributed by atoms with Gasteiger partial charge in [-0.05, 0) is 33.6 Å². The lowest BCUT2D eigenvalue weighted by molar-refractivity contribution is -0.180. The lowest BCUT2D eigenvalue weighted by Crippen LogP contribution is -2.49. The van der Waals surface area contributed by atoms with Gasteiger partial charge >= 0.3 is 11.9 Å². The summed E-state index contributed by atoms with van der Waals surface area (Å²) in [4.78, 5) is 23.8. The molecule has 1 unspecified atom stereocenters. The third-order valence-electron chi connectivity index (χ3n) is 4.36. The number of ether oxygens (including phenoxy) is 8. The van der Waals surface area contributed by atoms with Crippen molar-refractivity contribution in [3.8, 4) is 0 Å². The van der Waals surface area contributed by atoms with Crippen molar-refractivity contribution in [1.82, 2.24) is 0 Å². The zero-order valence-electron chi connectivity index (χ0n) is 22.9. The molecule has 0 aliphatic carbocycles. The van der Waals surface area contributed by atoms with Crippen molar-refractivity contribution in [2.75, 3.05) is 88.9 Å². The molecule has 0 aromatic rings. The van der Waals surface area contributed by atoms with Gasteiger partial charge in [-0.15, -0.1) is 0 Å². The van der Waals surface area contributed by atoms with E-state index < -0.39 is 17.4 Å². The van der Waals surface area contributed by atoms with E-state index >= 15 is 0 Å². The van der Waals surface area contributed by atoms with Gasteiger partial charge in [0, 0.05) is 55.9 Å². The van der Waals surface area contributed by atoms with Crippen LogP contribution in [0.1, 0.15) is 46.5 Å². The van der Waals surface area contributed by atoms with E-state index in [1.54, 1.807) is 42.3 Å². The lowest BCUT2D eigenvalue weighted by Gasteiger charge is -2.27. The first kappa shape index (κ1) is 37.3. The zero-order chi connectivity index (χ0) is 26.7. The summed E-state index contributed by atoms with van der Waals surface area (Å²) in [5, 5.41) is 0. The predicted octanol–water partition coefficient (Wildman–Crippen LogP) is 2.90. The molecule has 0 heterocycles. The van der Waals surface area contributed by atoms with Crippen LogP contribution < -0.4 is 0 Å². The van der Waals surface area contributed by atoms with Crippen molar-refractivity contribution in [1.29, 1.82) is 0 Å². The van der Waals surface area contributed by atoms with Gasteiger partial charge in [0.1, 0.15) is 0 Å². The van der Waals surface area contributed by atoms with Gasteiger partial charge < -0.3 is 37.9 Å². The van der Waals surface area contributed by atoms with E-state index in [-0.39, 0.29) is 32.5 Å². The Morgan fingerprint density at radius 2 is 1.06 bits per heavy atom. The number of rotatable bonds is 18. The fourth-order valence-corrected chi connectivity index (χ4v) is 2.54. The molecule has 0 aromatic carbocycles. The summed E-state index contributed by atoms with van der Waals surface area (Å²) in [7, 11) is 9.61. The SMILES string of the molecule is CCOC(=O)C(COC)(COC)C(=O)OCC.COCC(C)OC.COCCCCCCOC. The Kier molecular flexibility index (Phi) is 30.6. The fourth-order valence-electron chi connectivity index (χ4n) is 2.54. The van der Waals surface area contributed by atoms with Crippen molar-refractivity contribution in [2.45, 2.75) is 52.6 Å². The van der Waals surface area contributed by atoms with Gasteiger partial charge in [0.2, 0.25) is 5.41 Å². The topological polar surface area (TPSA) is 108 Å². The fraction of sp³-hybridized carbons (Fsp3) is 0.917. The molecule has 0 N–H and O–H groups in total. The van der Waals surface area contributed by atoms with Crippen molar-refractivity contribution in [3.05, 3.63) is 0 Å². The highest BCUT2D eigenvalue weighted by Crippen LogP contribution is 2.23. The molecular formula is C24H50O10. The molecule has 0 spiro atoms. The summed E-state index contributed by atoms with van der Waals surface area (Å²) in [6, 6.07) is 0. The standard InChI is InChI=1S/C11H20O6.C8H18O2.C5H12O2/c1-5-16-9(12)11(7-14-3,8-15-4)10(13)17-6-2;1-9-7-5-3-4-6-8-10-2;1-5(7-3)4-6-2/h5-8H2,1-4H3;3-8H2,1-2H3;5H,4H2,1-3H3. The van der Waals surface area contributed by atoms with Gasteiger partial charge in [-0.3, -0.25) is 9.59 Å². The molecule has 0 aromatic heterocycles. The summed E-state index contributed by atoms with van der Waals surface area (Å²) < 4.78 is 39.1. The van der Waals surface area contributed by atoms with Gasteiger partial charge in [0.25, 0.3) is 0 Å². The van der Waals surface area contributed by atoms with Crippen molar-refractivity contribution in [3.63, 3.8) is 0 Å². The molecule has 0 rings (SSSR count). The molecule has 34 heavy (non-hydrogen) atoms. The van der Waals surface area contributed by atoms with Crippen LogP contribution >= 0.6 is 0 Å². The minimum absolute atomic E-state index is 0.140. The third-order valence-corrected chi connectivity index (χ3v) is 4.36. The van der Waals surface area contributed by atoms with Crippen LogP contribution in [0.3, 0.4) is 0 Å². The van der Waals surface area contributed by atoms with E-state index in [1.807, 2.05) is 6.92 Å². The van der Waals surface area contributed by atoms with Gasteiger partial charge in [-0.25, -0.2) is 0 Å². The largest absolute Gasteiger partial charge is 0.465 e. The Morgan fingerprint density at radius 3 is 1.29 bits per heavy atom. The number of carbonyl (C=O) groups excluding carboxylic acids is 2. The molecule has 0 aliphatic rings. The summed E-state index contributed by atoms with van der Waals surface area (Å²) in [5.74, 6) is -1.38. The average Bonchev–Trinajstić information content (AvgIpc) is 2.82. The molecular weight excluding hydrogens is 448 g/mol. The smallest absolute Gasteiger partial charge is 0.328 e. The van der Waals surface area contributed by atoms with Crippen LogP contribution in [0, 0.1) is 5.41 Å². The van der Waals surface area contributed by atoms with Crippen LogP contribution in [-0.2, 0) is 47.5 Å². The maximum Gasteiger partial charge on any atom is 0.328 e. The Bertz CT molecular complexity index is 411. The number of esters is 2. The molecule has 0 aliphatic heterocycles. The zero-order valence-corrected chi connectivity index (χ0v) is 22.9. The first-order valence-electron chi connectivity index (χ1n) is 11.6. The molecule has 0 saturated heterocycles. The number of unbranched alkanes of at least 4 members (excludes halogenated alkanes) is 3. The summed E-state index contributed by atoms with van der Waals surface area (Å²) in [6.45, 7) is 7.82. The normalized spacial score (nSPS) is 11.4. The predicted molar refractivity (Wildman–Crippen MR) is 130 cm³/mol. The van der Waals surface area contributed by atoms with Gasteiger partial charge in [0.15, 0.2) is 0 Å². The second-order valence-corrected chi connectivity index (χ2v) is 7.29. The van der Waals surface area contributed by atoms with Gasteiger partial charge in [0.05, 0.1) is 39.1 Å². The number of hydrogen-bond donors (Lipinski definition) is 0. The Hall–Kier alpha value is -1.30. The molecule has 10 heteroatoms. The minimum Gasteiger partial charge on any atom is -0.465 e. The first-order chi connectivity index (χ1) is 16.3. The minimum atomic E-state index is -1.55. The molecule has 0 amide bonds. The second kappa shape index (κ2) is 27.9. The molecule has 10 nitrogen and oxygen atoms in total. The highest BCUT2D eigenvalue weighted by molar-refractivity contribution is 6.00. The van der Waals surface area contributed by atoms with Crippen LogP contribution in [0.4, 0.5) is 0 Å². The summed E-state index contributed by atoms with van der Waals surface area (Å²) in [5.41, 5.74) is -1.55. The van der Waals surface area contributed by atoms with Crippen LogP contribution in [0.25, 0.3) is 0 Å². The van der Waals surface area contributed by atoms with Crippen LogP contribution in [0.15, 0.2) is 0 Å². The first-order valence-corrected chi connectivity index (χ1v) is 11.6. The third kappa shape index (κ3) is 20.1. The second-order valence-electron chi connectivity index (χ2n) is 7.29. The summed E-state index contributed by atoms with van der Waals surface area (Å²) >= 11 is 0. The molecule has 0 bridgehead atoms. The maximum atomic E-state index is 11.9. The molecule has 1 atom stereocenters. The molecule has 0 radical (unpaired) electrons. The lowest BCUT2D eigenvalue weighted by atomic mass is 9.90. The van der Waals surface area contributed by atoms with Gasteiger partial charge in [-0.2, -0.15) is 0 Å². The number of methoxy groups -OCH3 is 6. The highest BCUT2D eigenvalue weighted by Gasteiger charge is 2.49. The quantitative estimate of drug-likeness (QED) is 0.159. The monoisotopic (exact) mass is 498 g/mol. The Balaban J connectivity index is -0.000000477. The van der Waals surface area contributed by atoms with E-state index in [0.29, 0.717) is 6.61 Å². The van der Waals surface area contributed by atoms with Crippen LogP contribution in [-0.4, -0.2) is 107 Å². The van der Waals surface area contributed by atoms with Crippen molar-refractivity contribution < 1.29 is 47.5 Å². The number of carbonyl (C=O) groups is 2.